The monoisotopic (exact) mass is 306 g/mol. The Morgan fingerprint density at radius 2 is 1.48 bits per heavy atom. The van der Waals surface area contributed by atoms with Crippen LogP contribution >= 0.6 is 0 Å². The maximum atomic E-state index is 11.5. The lowest BCUT2D eigenvalue weighted by molar-refractivity contribution is 0.414. The highest BCUT2D eigenvalue weighted by atomic mass is 32.2. The molecule has 0 saturated heterocycles. The fourth-order valence-corrected chi connectivity index (χ4v) is 2.72. The van der Waals surface area contributed by atoms with E-state index in [1.807, 2.05) is 24.3 Å². The second-order valence-corrected chi connectivity index (χ2v) is 6.73. The molecule has 1 unspecified atom stereocenters. The molecule has 2 aromatic rings. The molecule has 5 nitrogen and oxygen atoms in total. The van der Waals surface area contributed by atoms with Crippen LogP contribution in [0.2, 0.25) is 0 Å². The molecule has 0 spiro atoms. The summed E-state index contributed by atoms with van der Waals surface area (Å²) in [6.07, 6.45) is 1.18. The predicted molar refractivity (Wildman–Crippen MR) is 81.7 cm³/mol. The minimum absolute atomic E-state index is 0.218. The third-order valence-electron chi connectivity index (χ3n) is 3.26. The van der Waals surface area contributed by atoms with Crippen LogP contribution in [-0.2, 0) is 9.84 Å². The van der Waals surface area contributed by atoms with Gasteiger partial charge in [-0.2, -0.15) is 0 Å². The maximum absolute atomic E-state index is 11.5. The van der Waals surface area contributed by atoms with Crippen LogP contribution in [0.1, 0.15) is 17.2 Å². The van der Waals surface area contributed by atoms with Gasteiger partial charge in [-0.3, -0.25) is 5.84 Å². The molecule has 0 heterocycles. The maximum Gasteiger partial charge on any atom is 0.175 e. The highest BCUT2D eigenvalue weighted by Crippen LogP contribution is 2.24. The predicted octanol–water partition coefficient (Wildman–Crippen LogP) is 1.65. The second-order valence-electron chi connectivity index (χ2n) is 4.71. The van der Waals surface area contributed by atoms with Crippen LogP contribution in [0.25, 0.3) is 0 Å². The zero-order chi connectivity index (χ0) is 15.5. The molecule has 0 saturated carbocycles. The molecule has 0 aliphatic heterocycles. The summed E-state index contributed by atoms with van der Waals surface area (Å²) in [6, 6.07) is 14.0. The average molecular weight is 306 g/mol. The molecule has 3 N–H and O–H groups in total. The Morgan fingerprint density at radius 3 is 1.86 bits per heavy atom. The Balaban J connectivity index is 2.32. The van der Waals surface area contributed by atoms with Crippen LogP contribution in [0.15, 0.2) is 53.4 Å². The van der Waals surface area contributed by atoms with Crippen LogP contribution in [0.4, 0.5) is 0 Å². The summed E-state index contributed by atoms with van der Waals surface area (Å²) in [6.45, 7) is 0. The number of hydrazine groups is 1. The third-order valence-corrected chi connectivity index (χ3v) is 4.39. The fourth-order valence-electron chi connectivity index (χ4n) is 2.09. The first-order valence-corrected chi connectivity index (χ1v) is 8.25. The summed E-state index contributed by atoms with van der Waals surface area (Å²) in [5, 5.41) is 0. The number of sulfone groups is 1. The van der Waals surface area contributed by atoms with Gasteiger partial charge in [-0.25, -0.2) is 13.8 Å². The van der Waals surface area contributed by atoms with Crippen molar-refractivity contribution in [1.82, 2.24) is 5.43 Å². The van der Waals surface area contributed by atoms with Crippen LogP contribution in [0.5, 0.6) is 5.75 Å². The second kappa shape index (κ2) is 6.26. The van der Waals surface area contributed by atoms with Crippen LogP contribution in [-0.4, -0.2) is 21.8 Å². The molecule has 112 valence electrons. The van der Waals surface area contributed by atoms with Gasteiger partial charge in [0.2, 0.25) is 0 Å². The summed E-state index contributed by atoms with van der Waals surface area (Å²) in [4.78, 5) is 0.289. The van der Waals surface area contributed by atoms with Gasteiger partial charge in [0.25, 0.3) is 0 Å². The van der Waals surface area contributed by atoms with Gasteiger partial charge in [-0.05, 0) is 35.4 Å². The first-order chi connectivity index (χ1) is 9.95. The minimum Gasteiger partial charge on any atom is -0.497 e. The molecule has 0 aliphatic carbocycles. The number of methoxy groups -OCH3 is 1. The van der Waals surface area contributed by atoms with Gasteiger partial charge in [0, 0.05) is 6.26 Å². The van der Waals surface area contributed by atoms with Crippen molar-refractivity contribution in [2.75, 3.05) is 13.4 Å². The highest BCUT2D eigenvalue weighted by Gasteiger charge is 2.14. The van der Waals surface area contributed by atoms with Crippen LogP contribution < -0.4 is 16.0 Å². The molecule has 1 atom stereocenters. The van der Waals surface area contributed by atoms with Crippen LogP contribution in [0, 0.1) is 0 Å². The molecule has 21 heavy (non-hydrogen) atoms. The summed E-state index contributed by atoms with van der Waals surface area (Å²) in [5.74, 6) is 6.40. The van der Waals surface area contributed by atoms with Gasteiger partial charge in [0.15, 0.2) is 9.84 Å². The quantitative estimate of drug-likeness (QED) is 0.648. The van der Waals surface area contributed by atoms with Crippen molar-refractivity contribution in [3.63, 3.8) is 0 Å². The Labute approximate surface area is 124 Å². The molecule has 0 aliphatic rings. The molecular formula is C15H18N2O3S. The van der Waals surface area contributed by atoms with E-state index >= 15 is 0 Å². The number of nitrogens with two attached hydrogens (primary N) is 1. The molecule has 2 rings (SSSR count). The van der Waals surface area contributed by atoms with E-state index < -0.39 is 9.84 Å². The van der Waals surface area contributed by atoms with E-state index in [2.05, 4.69) is 5.43 Å². The van der Waals surface area contributed by atoms with Gasteiger partial charge in [-0.1, -0.05) is 24.3 Å². The summed E-state index contributed by atoms with van der Waals surface area (Å²) >= 11 is 0. The average Bonchev–Trinajstić information content (AvgIpc) is 2.48. The largest absolute Gasteiger partial charge is 0.497 e. The SMILES string of the molecule is COc1ccc(C(NN)c2ccc(S(C)(=O)=O)cc2)cc1. The highest BCUT2D eigenvalue weighted by molar-refractivity contribution is 7.90. The number of hydrogen-bond acceptors (Lipinski definition) is 5. The topological polar surface area (TPSA) is 81.4 Å². The standard InChI is InChI=1S/C15H18N2O3S/c1-20-13-7-3-11(4-8-13)15(17-16)12-5-9-14(10-6-12)21(2,18)19/h3-10,15,17H,16H2,1-2H3. The lowest BCUT2D eigenvalue weighted by atomic mass is 9.99. The van der Waals surface area contributed by atoms with Gasteiger partial charge < -0.3 is 4.74 Å². The lowest BCUT2D eigenvalue weighted by Gasteiger charge is -2.17. The van der Waals surface area contributed by atoms with Gasteiger partial charge in [0.1, 0.15) is 5.75 Å². The van der Waals surface area contributed by atoms with Crippen LogP contribution in [0.3, 0.4) is 0 Å². The van der Waals surface area contributed by atoms with Gasteiger partial charge >= 0.3 is 0 Å². The van der Waals surface area contributed by atoms with E-state index in [4.69, 9.17) is 10.6 Å². The lowest BCUT2D eigenvalue weighted by Crippen LogP contribution is -2.28. The zero-order valence-corrected chi connectivity index (χ0v) is 12.7. The fraction of sp³-hybridized carbons (Fsp3) is 0.200. The van der Waals surface area contributed by atoms with Crippen molar-refractivity contribution >= 4 is 9.84 Å². The van der Waals surface area contributed by atoms with E-state index in [1.165, 1.54) is 6.26 Å². The van der Waals surface area contributed by atoms with Crippen molar-refractivity contribution in [3.05, 3.63) is 59.7 Å². The number of nitrogens with one attached hydrogen (secondary N) is 1. The van der Waals surface area contributed by atoms with Crippen molar-refractivity contribution in [1.29, 1.82) is 0 Å². The molecule has 0 amide bonds. The number of hydrogen-bond donors (Lipinski definition) is 2. The van der Waals surface area contributed by atoms with E-state index in [-0.39, 0.29) is 10.9 Å². The first kappa shape index (κ1) is 15.5. The van der Waals surface area contributed by atoms with E-state index in [9.17, 15) is 8.42 Å². The van der Waals surface area contributed by atoms with E-state index in [0.717, 1.165) is 16.9 Å². The number of benzene rings is 2. The molecule has 2 aromatic carbocycles. The van der Waals surface area contributed by atoms with Gasteiger partial charge in [-0.15, -0.1) is 0 Å². The van der Waals surface area contributed by atoms with E-state index in [1.54, 1.807) is 31.4 Å². The van der Waals surface area contributed by atoms with Crippen molar-refractivity contribution in [3.8, 4) is 5.75 Å². The molecule has 0 fully saturated rings. The Kier molecular flexibility index (Phi) is 4.62. The zero-order valence-electron chi connectivity index (χ0n) is 11.9. The molecule has 0 bridgehead atoms. The molecular weight excluding hydrogens is 288 g/mol. The van der Waals surface area contributed by atoms with Crippen molar-refractivity contribution in [2.45, 2.75) is 10.9 Å². The number of ether oxygens (including phenoxy) is 1. The Bertz CT molecular complexity index is 695. The first-order valence-electron chi connectivity index (χ1n) is 6.36. The normalized spacial score (nSPS) is 12.9. The Hall–Kier alpha value is -1.89. The molecule has 0 radical (unpaired) electrons. The summed E-state index contributed by atoms with van der Waals surface area (Å²) in [5.41, 5.74) is 4.59. The smallest absolute Gasteiger partial charge is 0.175 e. The van der Waals surface area contributed by atoms with Crippen molar-refractivity contribution in [2.24, 2.45) is 5.84 Å². The number of rotatable bonds is 5. The van der Waals surface area contributed by atoms with Gasteiger partial charge in [0.05, 0.1) is 18.0 Å². The minimum atomic E-state index is -3.19. The van der Waals surface area contributed by atoms with Crippen molar-refractivity contribution < 1.29 is 13.2 Å². The Morgan fingerprint density at radius 1 is 1.00 bits per heavy atom. The molecule has 6 heteroatoms. The third kappa shape index (κ3) is 3.60. The van der Waals surface area contributed by atoms with E-state index in [0.29, 0.717) is 0 Å². The summed E-state index contributed by atoms with van der Waals surface area (Å²) < 4.78 is 28.1. The summed E-state index contributed by atoms with van der Waals surface area (Å²) in [7, 11) is -1.59. The molecule has 0 aromatic heterocycles.